The molecule has 2 N–H and O–H groups in total. The van der Waals surface area contributed by atoms with E-state index in [1.807, 2.05) is 0 Å². The second-order valence-corrected chi connectivity index (χ2v) is 5.22. The number of nitrogens with zero attached hydrogens (tertiary/aromatic N) is 1. The van der Waals surface area contributed by atoms with E-state index in [-0.39, 0.29) is 5.41 Å². The smallest absolute Gasteiger partial charge is 0.267 e. The standard InChI is InChI=1S/C13H18N2O2/c1-13(2)6-4-8(13)10-9(17-3)5-7-15-11(10)12(14)16/h5,7-8H,4,6H2,1-3H3,(H2,14,16). The molecule has 1 unspecified atom stereocenters. The van der Waals surface area contributed by atoms with E-state index >= 15 is 0 Å². The fourth-order valence-electron chi connectivity index (χ4n) is 2.57. The minimum atomic E-state index is -0.485. The lowest BCUT2D eigenvalue weighted by Crippen LogP contribution is -2.34. The minimum absolute atomic E-state index is 0.181. The Balaban J connectivity index is 2.53. The summed E-state index contributed by atoms with van der Waals surface area (Å²) in [4.78, 5) is 15.6. The summed E-state index contributed by atoms with van der Waals surface area (Å²) in [6.45, 7) is 4.39. The molecule has 0 saturated heterocycles. The summed E-state index contributed by atoms with van der Waals surface area (Å²) in [6, 6.07) is 1.79. The van der Waals surface area contributed by atoms with Crippen LogP contribution in [0.15, 0.2) is 12.3 Å². The van der Waals surface area contributed by atoms with Gasteiger partial charge >= 0.3 is 0 Å². The molecule has 4 nitrogen and oxygen atoms in total. The third kappa shape index (κ3) is 1.88. The maximum atomic E-state index is 11.4. The normalized spacial score (nSPS) is 21.7. The van der Waals surface area contributed by atoms with Crippen LogP contribution < -0.4 is 10.5 Å². The second-order valence-electron chi connectivity index (χ2n) is 5.22. The summed E-state index contributed by atoms with van der Waals surface area (Å²) < 4.78 is 5.34. The van der Waals surface area contributed by atoms with Crippen LogP contribution in [0.5, 0.6) is 5.75 Å². The lowest BCUT2D eigenvalue weighted by atomic mass is 9.59. The first-order valence-electron chi connectivity index (χ1n) is 5.80. The molecule has 2 rings (SSSR count). The Morgan fingerprint density at radius 3 is 2.71 bits per heavy atom. The van der Waals surface area contributed by atoms with E-state index in [9.17, 15) is 4.79 Å². The first kappa shape index (κ1) is 11.9. The number of methoxy groups -OCH3 is 1. The van der Waals surface area contributed by atoms with Crippen molar-refractivity contribution < 1.29 is 9.53 Å². The highest BCUT2D eigenvalue weighted by Crippen LogP contribution is 2.54. The zero-order valence-electron chi connectivity index (χ0n) is 10.5. The first-order chi connectivity index (χ1) is 7.97. The van der Waals surface area contributed by atoms with Crippen molar-refractivity contribution >= 4 is 5.91 Å². The van der Waals surface area contributed by atoms with Gasteiger partial charge in [0.2, 0.25) is 0 Å². The predicted molar refractivity (Wildman–Crippen MR) is 65.1 cm³/mol. The largest absolute Gasteiger partial charge is 0.496 e. The molecule has 17 heavy (non-hydrogen) atoms. The van der Waals surface area contributed by atoms with Crippen LogP contribution in [0.4, 0.5) is 0 Å². The van der Waals surface area contributed by atoms with Crippen molar-refractivity contribution in [1.29, 1.82) is 0 Å². The van der Waals surface area contributed by atoms with Crippen LogP contribution in [0.1, 0.15) is 48.7 Å². The average molecular weight is 234 g/mol. The molecule has 1 aliphatic carbocycles. The molecule has 1 aromatic rings. The Bertz CT molecular complexity index is 455. The first-order valence-corrected chi connectivity index (χ1v) is 5.80. The molecule has 0 spiro atoms. The van der Waals surface area contributed by atoms with Gasteiger partial charge in [0.15, 0.2) is 0 Å². The second kappa shape index (κ2) is 4.02. The summed E-state index contributed by atoms with van der Waals surface area (Å²) in [5.74, 6) is 0.529. The van der Waals surface area contributed by atoms with Crippen LogP contribution in [0, 0.1) is 5.41 Å². The zero-order chi connectivity index (χ0) is 12.6. The summed E-state index contributed by atoms with van der Waals surface area (Å²) in [7, 11) is 1.61. The van der Waals surface area contributed by atoms with Gasteiger partial charge in [-0.05, 0) is 30.2 Å². The Morgan fingerprint density at radius 2 is 2.29 bits per heavy atom. The molecular weight excluding hydrogens is 216 g/mol. The van der Waals surface area contributed by atoms with Gasteiger partial charge < -0.3 is 10.5 Å². The number of nitrogens with two attached hydrogens (primary N) is 1. The van der Waals surface area contributed by atoms with Crippen molar-refractivity contribution in [2.24, 2.45) is 11.1 Å². The highest BCUT2D eigenvalue weighted by atomic mass is 16.5. The molecule has 0 radical (unpaired) electrons. The fourth-order valence-corrected chi connectivity index (χ4v) is 2.57. The van der Waals surface area contributed by atoms with Gasteiger partial charge in [-0.1, -0.05) is 13.8 Å². The van der Waals surface area contributed by atoms with Crippen LogP contribution in [-0.4, -0.2) is 18.0 Å². The van der Waals surface area contributed by atoms with Gasteiger partial charge in [0, 0.05) is 11.8 Å². The van der Waals surface area contributed by atoms with Gasteiger partial charge in [0.25, 0.3) is 5.91 Å². The maximum Gasteiger partial charge on any atom is 0.267 e. The maximum absolute atomic E-state index is 11.4. The van der Waals surface area contributed by atoms with Crippen molar-refractivity contribution in [2.75, 3.05) is 7.11 Å². The molecule has 4 heteroatoms. The fraction of sp³-hybridized carbons (Fsp3) is 0.538. The van der Waals surface area contributed by atoms with Gasteiger partial charge in [-0.25, -0.2) is 0 Å². The summed E-state index contributed by atoms with van der Waals surface area (Å²) in [5.41, 5.74) is 6.79. The number of carbonyl (C=O) groups is 1. The number of rotatable bonds is 3. The minimum Gasteiger partial charge on any atom is -0.496 e. The zero-order valence-corrected chi connectivity index (χ0v) is 10.5. The summed E-state index contributed by atoms with van der Waals surface area (Å²) >= 11 is 0. The molecule has 1 saturated carbocycles. The van der Waals surface area contributed by atoms with Crippen LogP contribution in [0.2, 0.25) is 0 Å². The number of ether oxygens (including phenoxy) is 1. The SMILES string of the molecule is COc1ccnc(C(N)=O)c1C1CCC1(C)C. The van der Waals surface area contributed by atoms with E-state index < -0.39 is 5.91 Å². The molecule has 1 aliphatic rings. The molecule has 1 fully saturated rings. The highest BCUT2D eigenvalue weighted by Gasteiger charge is 2.42. The van der Waals surface area contributed by atoms with E-state index in [1.165, 1.54) is 0 Å². The van der Waals surface area contributed by atoms with Crippen LogP contribution in [0.25, 0.3) is 0 Å². The van der Waals surface area contributed by atoms with Crippen molar-refractivity contribution in [3.8, 4) is 5.75 Å². The highest BCUT2D eigenvalue weighted by molar-refractivity contribution is 5.93. The number of carbonyl (C=O) groups excluding carboxylic acids is 1. The Labute approximate surface area is 101 Å². The van der Waals surface area contributed by atoms with E-state index in [0.29, 0.717) is 17.4 Å². The molecular formula is C13H18N2O2. The molecule has 0 bridgehead atoms. The van der Waals surface area contributed by atoms with E-state index in [1.54, 1.807) is 19.4 Å². The number of primary amides is 1. The van der Waals surface area contributed by atoms with Gasteiger partial charge in [-0.15, -0.1) is 0 Å². The third-order valence-electron chi connectivity index (χ3n) is 3.77. The third-order valence-corrected chi connectivity index (χ3v) is 3.77. The Hall–Kier alpha value is -1.58. The van der Waals surface area contributed by atoms with E-state index in [4.69, 9.17) is 10.5 Å². The lowest BCUT2D eigenvalue weighted by Gasteiger charge is -2.45. The molecule has 1 aromatic heterocycles. The van der Waals surface area contributed by atoms with Gasteiger partial charge in [-0.2, -0.15) is 0 Å². The van der Waals surface area contributed by atoms with Gasteiger partial charge in [0.05, 0.1) is 7.11 Å². The molecule has 92 valence electrons. The quantitative estimate of drug-likeness (QED) is 0.870. The van der Waals surface area contributed by atoms with Crippen LogP contribution >= 0.6 is 0 Å². The number of hydrogen-bond acceptors (Lipinski definition) is 3. The lowest BCUT2D eigenvalue weighted by molar-refractivity contribution is 0.0982. The van der Waals surface area contributed by atoms with E-state index in [2.05, 4.69) is 18.8 Å². The number of hydrogen-bond donors (Lipinski definition) is 1. The molecule has 1 amide bonds. The Kier molecular flexibility index (Phi) is 2.81. The monoisotopic (exact) mass is 234 g/mol. The Morgan fingerprint density at radius 1 is 1.59 bits per heavy atom. The number of amides is 1. The predicted octanol–water partition coefficient (Wildman–Crippen LogP) is 2.09. The molecule has 0 aromatic carbocycles. The van der Waals surface area contributed by atoms with Gasteiger partial charge in [-0.3, -0.25) is 9.78 Å². The number of pyridine rings is 1. The van der Waals surface area contributed by atoms with E-state index in [0.717, 1.165) is 18.4 Å². The summed E-state index contributed by atoms with van der Waals surface area (Å²) in [5, 5.41) is 0. The molecule has 1 atom stereocenters. The van der Waals surface area contributed by atoms with Crippen molar-refractivity contribution in [1.82, 2.24) is 4.98 Å². The molecule has 0 aliphatic heterocycles. The van der Waals surface area contributed by atoms with Crippen molar-refractivity contribution in [2.45, 2.75) is 32.6 Å². The topological polar surface area (TPSA) is 65.2 Å². The number of aromatic nitrogens is 1. The van der Waals surface area contributed by atoms with Gasteiger partial charge in [0.1, 0.15) is 11.4 Å². The van der Waals surface area contributed by atoms with Crippen molar-refractivity contribution in [3.05, 3.63) is 23.5 Å². The molecule has 1 heterocycles. The van der Waals surface area contributed by atoms with Crippen molar-refractivity contribution in [3.63, 3.8) is 0 Å². The summed E-state index contributed by atoms with van der Waals surface area (Å²) in [6.07, 6.45) is 3.76. The van der Waals surface area contributed by atoms with Crippen LogP contribution in [0.3, 0.4) is 0 Å². The van der Waals surface area contributed by atoms with Crippen LogP contribution in [-0.2, 0) is 0 Å². The average Bonchev–Trinajstić information content (AvgIpc) is 2.27.